The Labute approximate surface area is 432 Å². The smallest absolute Gasteiger partial charge is 0.306 e. The number of benzene rings is 6. The van der Waals surface area contributed by atoms with Gasteiger partial charge in [-0.3, -0.25) is 33.6 Å². The summed E-state index contributed by atoms with van der Waals surface area (Å²) in [6.07, 6.45) is -1.11. The molecule has 13 heteroatoms. The molecule has 6 aromatic rings. The third kappa shape index (κ3) is 13.9. The number of carbonyl (C=O) groups is 7. The van der Waals surface area contributed by atoms with Crippen LogP contribution in [0.2, 0.25) is 0 Å². The van der Waals surface area contributed by atoms with Gasteiger partial charge in [0.25, 0.3) is 0 Å². The van der Waals surface area contributed by atoms with E-state index in [1.165, 1.54) is 36.9 Å². The van der Waals surface area contributed by atoms with Crippen LogP contribution < -0.4 is 0 Å². The molecule has 384 valence electrons. The number of ether oxygens (including phenoxy) is 3. The molecule has 0 saturated heterocycles. The lowest BCUT2D eigenvalue weighted by molar-refractivity contribution is -0.155. The topological polar surface area (TPSA) is 191 Å². The van der Waals surface area contributed by atoms with E-state index in [-0.39, 0.29) is 58.3 Å². The summed E-state index contributed by atoms with van der Waals surface area (Å²) in [5.74, 6) is -8.06. The molecule has 0 spiro atoms. The summed E-state index contributed by atoms with van der Waals surface area (Å²) in [6, 6.07) is 49.2. The Morgan fingerprint density at radius 3 is 1.24 bits per heavy atom. The van der Waals surface area contributed by atoms with Crippen molar-refractivity contribution in [1.82, 2.24) is 4.90 Å². The number of carbonyl (C=O) groups excluding carboxylic acids is 5. The third-order valence-corrected chi connectivity index (χ3v) is 13.4. The van der Waals surface area contributed by atoms with Crippen LogP contribution in [-0.4, -0.2) is 83.0 Å². The molecular weight excluding hydrogens is 939 g/mol. The highest BCUT2D eigenvalue weighted by Crippen LogP contribution is 2.46. The first-order valence-corrected chi connectivity index (χ1v) is 24.4. The number of hydrogen-bond donors (Lipinski definition) is 2. The van der Waals surface area contributed by atoms with Crippen molar-refractivity contribution >= 4 is 41.5 Å². The lowest BCUT2D eigenvalue weighted by atomic mass is 9.92. The minimum atomic E-state index is -1.19. The van der Waals surface area contributed by atoms with Gasteiger partial charge in [-0.25, -0.2) is 0 Å². The quantitative estimate of drug-likeness (QED) is 0.0513. The largest absolute Gasteiger partial charge is 0.481 e. The van der Waals surface area contributed by atoms with Crippen molar-refractivity contribution in [2.75, 3.05) is 20.3 Å². The van der Waals surface area contributed by atoms with Gasteiger partial charge in [0, 0.05) is 25.3 Å². The first-order chi connectivity index (χ1) is 35.2. The van der Waals surface area contributed by atoms with Crippen molar-refractivity contribution in [2.45, 2.75) is 77.9 Å². The lowest BCUT2D eigenvalue weighted by Crippen LogP contribution is -2.47. The number of nitrogens with zero attached hydrogens (tertiary/aromatic N) is 1. The van der Waals surface area contributed by atoms with Gasteiger partial charge in [0.1, 0.15) is 19.8 Å². The van der Waals surface area contributed by atoms with Crippen molar-refractivity contribution in [3.05, 3.63) is 191 Å². The zero-order valence-corrected chi connectivity index (χ0v) is 41.1. The highest BCUT2D eigenvalue weighted by Gasteiger charge is 2.37. The number of esters is 3. The average Bonchev–Trinajstić information content (AvgIpc) is 3.90. The second kappa shape index (κ2) is 26.0. The van der Waals surface area contributed by atoms with E-state index < -0.39 is 78.2 Å². The summed E-state index contributed by atoms with van der Waals surface area (Å²) in [6.45, 7) is 3.21. The molecule has 0 aromatic heterocycles. The van der Waals surface area contributed by atoms with Gasteiger partial charge in [-0.15, -0.1) is 0 Å². The standard InChI is InChI=1S/C41H41NO8.C19H18O4.CH4/c1-27(41(47)48)21-37(43)36(22-28-13-5-3-6-14-28)42(2)40(46)30(23-38(44)49-25-29-15-7-4-8-16-29)24-39(45)50-26-35-33-19-11-9-17-31(33)32-18-10-12-20-34(32)35;1-12(19(21)22)10-18(20)23-11-17-15-8-4-2-6-13(15)14-7-3-5-9-16(14)17;/h3-20,27,30,35-36H,21-26H2,1-2H3,(H,47,48);2-9,12,17H,10-11H2,1H3,(H,21,22);1H4/t27-,30-,36+;12-;/m11./s1. The van der Waals surface area contributed by atoms with Crippen molar-refractivity contribution in [3.63, 3.8) is 0 Å². The minimum Gasteiger partial charge on any atom is -0.481 e. The normalized spacial score (nSPS) is 13.6. The zero-order chi connectivity index (χ0) is 52.0. The third-order valence-electron chi connectivity index (χ3n) is 13.4. The maximum Gasteiger partial charge on any atom is 0.306 e. The minimum absolute atomic E-state index is 0. The van der Waals surface area contributed by atoms with Gasteiger partial charge in [0.15, 0.2) is 5.78 Å². The van der Waals surface area contributed by atoms with Gasteiger partial charge in [-0.05, 0) is 62.1 Å². The second-order valence-corrected chi connectivity index (χ2v) is 18.6. The van der Waals surface area contributed by atoms with Gasteiger partial charge in [-0.1, -0.05) is 179 Å². The van der Waals surface area contributed by atoms with Crippen molar-refractivity contribution in [1.29, 1.82) is 0 Å². The number of carboxylic acids is 2. The molecule has 0 aliphatic heterocycles. The highest BCUT2D eigenvalue weighted by molar-refractivity contribution is 5.94. The summed E-state index contributed by atoms with van der Waals surface area (Å²) in [5.41, 5.74) is 10.4. The van der Waals surface area contributed by atoms with Crippen LogP contribution in [0.15, 0.2) is 158 Å². The van der Waals surface area contributed by atoms with Crippen LogP contribution in [-0.2, 0) is 60.8 Å². The number of likely N-dealkylation sites (N-methyl/N-ethyl adjacent to an activating group) is 1. The Bertz CT molecular complexity index is 2840. The van der Waals surface area contributed by atoms with Crippen LogP contribution in [0, 0.1) is 17.8 Å². The molecule has 0 unspecified atom stereocenters. The summed E-state index contributed by atoms with van der Waals surface area (Å²) in [5, 5.41) is 18.3. The van der Waals surface area contributed by atoms with E-state index in [4.69, 9.17) is 19.3 Å². The van der Waals surface area contributed by atoms with Crippen molar-refractivity contribution in [3.8, 4) is 22.3 Å². The fourth-order valence-corrected chi connectivity index (χ4v) is 9.40. The van der Waals surface area contributed by atoms with E-state index in [0.717, 1.165) is 44.5 Å². The molecule has 2 N–H and O–H groups in total. The summed E-state index contributed by atoms with van der Waals surface area (Å²) >= 11 is 0. The molecule has 0 fully saturated rings. The van der Waals surface area contributed by atoms with Crippen LogP contribution in [0.1, 0.15) is 92.2 Å². The van der Waals surface area contributed by atoms with E-state index in [1.54, 1.807) is 24.3 Å². The predicted molar refractivity (Wildman–Crippen MR) is 280 cm³/mol. The molecule has 0 saturated carbocycles. The number of Topliss-reactive ketones (excluding diaryl/α,β-unsaturated/α-hetero) is 1. The Hall–Kier alpha value is -8.19. The number of amides is 1. The molecule has 13 nitrogen and oxygen atoms in total. The maximum absolute atomic E-state index is 14.2. The summed E-state index contributed by atoms with van der Waals surface area (Å²) in [4.78, 5) is 89.8. The van der Waals surface area contributed by atoms with Crippen molar-refractivity contribution in [2.24, 2.45) is 17.8 Å². The first-order valence-electron chi connectivity index (χ1n) is 24.4. The number of carboxylic acid groups (broad SMARTS) is 2. The number of fused-ring (bicyclic) bond motifs is 6. The molecule has 0 bridgehead atoms. The molecule has 8 rings (SSSR count). The van der Waals surface area contributed by atoms with Crippen LogP contribution in [0.25, 0.3) is 22.3 Å². The fraction of sp³-hybridized carbons (Fsp3) is 0.295. The summed E-state index contributed by atoms with van der Waals surface area (Å²) < 4.78 is 16.6. The molecule has 0 heterocycles. The van der Waals surface area contributed by atoms with E-state index >= 15 is 0 Å². The predicted octanol–water partition coefficient (Wildman–Crippen LogP) is 10.3. The van der Waals surface area contributed by atoms with Crippen LogP contribution in [0.5, 0.6) is 0 Å². The van der Waals surface area contributed by atoms with Gasteiger partial charge in [0.2, 0.25) is 5.91 Å². The first kappa shape index (κ1) is 55.1. The van der Waals surface area contributed by atoms with Crippen molar-refractivity contribution < 1.29 is 58.0 Å². The van der Waals surface area contributed by atoms with Gasteiger partial charge < -0.3 is 29.3 Å². The molecule has 4 atom stereocenters. The molecule has 1 amide bonds. The van der Waals surface area contributed by atoms with E-state index in [0.29, 0.717) is 0 Å². The number of ketones is 1. The zero-order valence-electron chi connectivity index (χ0n) is 41.1. The van der Waals surface area contributed by atoms with Gasteiger partial charge in [0.05, 0.1) is 43.1 Å². The summed E-state index contributed by atoms with van der Waals surface area (Å²) in [7, 11) is 1.44. The molecule has 74 heavy (non-hydrogen) atoms. The number of rotatable bonds is 21. The second-order valence-electron chi connectivity index (χ2n) is 18.6. The Morgan fingerprint density at radius 2 is 0.824 bits per heavy atom. The molecule has 2 aliphatic rings. The monoisotopic (exact) mass is 1000 g/mol. The lowest BCUT2D eigenvalue weighted by Gasteiger charge is -2.31. The van der Waals surface area contributed by atoms with Crippen LogP contribution >= 0.6 is 0 Å². The van der Waals surface area contributed by atoms with Gasteiger partial charge in [-0.2, -0.15) is 0 Å². The van der Waals surface area contributed by atoms with Gasteiger partial charge >= 0.3 is 29.8 Å². The molecule has 0 radical (unpaired) electrons. The van der Waals surface area contributed by atoms with E-state index in [9.17, 15) is 38.7 Å². The van der Waals surface area contributed by atoms with Crippen LogP contribution in [0.3, 0.4) is 0 Å². The highest BCUT2D eigenvalue weighted by atomic mass is 16.5. The number of hydrogen-bond acceptors (Lipinski definition) is 10. The fourth-order valence-electron chi connectivity index (χ4n) is 9.40. The molecule has 6 aromatic carbocycles. The molecule has 2 aliphatic carbocycles. The van der Waals surface area contributed by atoms with E-state index in [2.05, 4.69) is 12.1 Å². The number of aliphatic carboxylic acids is 2. The molecular formula is C61H63NO12. The Kier molecular flexibility index (Phi) is 19.3. The maximum atomic E-state index is 14.2. The Morgan fingerprint density at radius 1 is 0.473 bits per heavy atom. The Balaban J connectivity index is 0.000000309. The van der Waals surface area contributed by atoms with E-state index in [1.807, 2.05) is 121 Å². The SMILES string of the molecule is C.C[C@H](CC(=O)OCC1c2ccccc2-c2ccccc21)C(=O)O.C[C@H](CC(=O)[C@H](Cc1ccccc1)N(C)C(=O)[C@H](CC(=O)OCc1ccccc1)CC(=O)OCC1c2ccccc2-c2ccccc21)C(=O)O. The van der Waals surface area contributed by atoms with Crippen LogP contribution in [0.4, 0.5) is 0 Å². The average molecular weight is 1000 g/mol.